The van der Waals surface area contributed by atoms with Gasteiger partial charge in [0.2, 0.25) is 0 Å². The van der Waals surface area contributed by atoms with E-state index in [1.54, 1.807) is 0 Å². The summed E-state index contributed by atoms with van der Waals surface area (Å²) in [6.07, 6.45) is 1.12. The highest BCUT2D eigenvalue weighted by Gasteiger charge is 2.56. The topological polar surface area (TPSA) is 133 Å². The number of phenolic OH excluding ortho intramolecular Hbond substituents is 3. The van der Waals surface area contributed by atoms with Crippen LogP contribution in [0.4, 0.5) is 5.69 Å². The van der Waals surface area contributed by atoms with E-state index in [9.17, 15) is 29.7 Å². The third-order valence-corrected chi connectivity index (χ3v) is 6.28. The fourth-order valence-corrected chi connectivity index (χ4v) is 4.41. The van der Waals surface area contributed by atoms with Gasteiger partial charge < -0.3 is 25.4 Å². The molecule has 0 saturated carbocycles. The second-order valence-corrected chi connectivity index (χ2v) is 8.61. The second kappa shape index (κ2) is 7.38. The van der Waals surface area contributed by atoms with E-state index >= 15 is 0 Å². The summed E-state index contributed by atoms with van der Waals surface area (Å²) in [5, 5.41) is 34.5. The molecule has 1 heterocycles. The molecule has 1 atom stereocenters. The molecule has 170 valence electrons. The number of benzene rings is 2. The van der Waals surface area contributed by atoms with Crippen LogP contribution in [-0.2, 0) is 15.0 Å². The van der Waals surface area contributed by atoms with Gasteiger partial charge in [-0.3, -0.25) is 14.4 Å². The summed E-state index contributed by atoms with van der Waals surface area (Å²) in [7, 11) is 0. The Labute approximate surface area is 193 Å². The van der Waals surface area contributed by atoms with Gasteiger partial charge in [0.1, 0.15) is 39.7 Å². The quantitative estimate of drug-likeness (QED) is 0.229. The number of phenols is 3. The number of allylic oxidation sites excluding steroid dienone is 4. The first-order chi connectivity index (χ1) is 15.4. The van der Waals surface area contributed by atoms with Gasteiger partial charge in [-0.25, -0.2) is 0 Å². The van der Waals surface area contributed by atoms with Crippen LogP contribution in [0.3, 0.4) is 0 Å². The van der Waals surface area contributed by atoms with E-state index in [0.717, 1.165) is 6.08 Å². The molecule has 0 spiro atoms. The van der Waals surface area contributed by atoms with Crippen molar-refractivity contribution in [3.63, 3.8) is 0 Å². The number of ether oxygens (including phenoxy) is 1. The van der Waals surface area contributed by atoms with Crippen molar-refractivity contribution in [1.29, 1.82) is 0 Å². The number of halogens is 1. The molecule has 2 aromatic carbocycles. The summed E-state index contributed by atoms with van der Waals surface area (Å²) in [6.45, 7) is 5.60. The lowest BCUT2D eigenvalue weighted by Crippen LogP contribution is -2.40. The maximum absolute atomic E-state index is 13.7. The van der Waals surface area contributed by atoms with Crippen molar-refractivity contribution >= 4 is 34.6 Å². The number of aromatic hydroxyl groups is 3. The lowest BCUT2D eigenvalue weighted by Gasteiger charge is -2.29. The zero-order valence-corrected chi connectivity index (χ0v) is 18.9. The Bertz CT molecular complexity index is 1360. The molecular weight excluding hydrogens is 450 g/mol. The zero-order valence-electron chi connectivity index (χ0n) is 18.2. The average Bonchev–Trinajstić information content (AvgIpc) is 3.02. The van der Waals surface area contributed by atoms with E-state index in [-0.39, 0.29) is 50.9 Å². The largest absolute Gasteiger partial charge is 0.507 e. The van der Waals surface area contributed by atoms with Gasteiger partial charge in [0.05, 0.1) is 16.8 Å². The Morgan fingerprint density at radius 2 is 1.79 bits per heavy atom. The Hall–Kier alpha value is -3.78. The summed E-state index contributed by atoms with van der Waals surface area (Å²) in [5.74, 6) is -3.07. The Morgan fingerprint density at radius 1 is 1.12 bits per heavy atom. The number of Topliss-reactive ketones (excluding diaryl/α,β-unsaturated/α-hetero) is 2. The first-order valence-corrected chi connectivity index (χ1v) is 10.3. The summed E-state index contributed by atoms with van der Waals surface area (Å²) < 4.78 is 5.72. The van der Waals surface area contributed by atoms with E-state index in [1.807, 2.05) is 0 Å². The fraction of sp³-hybridized carbons (Fsp3) is 0.208. The van der Waals surface area contributed by atoms with Gasteiger partial charge in [-0.2, -0.15) is 0 Å². The summed E-state index contributed by atoms with van der Waals surface area (Å²) in [4.78, 5) is 38.9. The first kappa shape index (κ1) is 22.4. The van der Waals surface area contributed by atoms with Crippen molar-refractivity contribution in [3.8, 4) is 23.0 Å². The molecule has 9 heteroatoms. The molecule has 4 rings (SSSR count). The molecule has 8 nitrogen and oxygen atoms in total. The van der Waals surface area contributed by atoms with Crippen molar-refractivity contribution in [1.82, 2.24) is 0 Å². The number of hydrogen-bond donors (Lipinski definition) is 4. The third-order valence-electron chi connectivity index (χ3n) is 6.04. The molecule has 2 aliphatic rings. The lowest BCUT2D eigenvalue weighted by atomic mass is 9.70. The number of carbonyl (C=O) groups is 3. The molecule has 0 amide bonds. The number of rotatable bonds is 3. The molecular formula is C24H20ClNO7. The van der Waals surface area contributed by atoms with Crippen LogP contribution in [0.15, 0.2) is 41.3 Å². The molecule has 0 aromatic heterocycles. The van der Waals surface area contributed by atoms with E-state index in [1.165, 1.54) is 45.9 Å². The summed E-state index contributed by atoms with van der Waals surface area (Å²) in [6, 6.07) is 4.29. The SMILES string of the molecule is CC(=O)c1c(O)c(C)c(O)c2c1OC1=CC(=O)C(=C(C)Nc3cc(Cl)ccc3O)C(=O)[C@@]12C. The molecule has 0 unspecified atom stereocenters. The minimum Gasteiger partial charge on any atom is -0.507 e. The van der Waals surface area contributed by atoms with Crippen molar-refractivity contribution in [3.05, 3.63) is 63.0 Å². The predicted octanol–water partition coefficient (Wildman–Crippen LogP) is 4.04. The van der Waals surface area contributed by atoms with E-state index in [0.29, 0.717) is 5.02 Å². The van der Waals surface area contributed by atoms with Crippen LogP contribution in [0.25, 0.3) is 0 Å². The van der Waals surface area contributed by atoms with Crippen molar-refractivity contribution in [2.45, 2.75) is 33.1 Å². The van der Waals surface area contributed by atoms with E-state index in [2.05, 4.69) is 5.32 Å². The highest BCUT2D eigenvalue weighted by molar-refractivity contribution is 6.32. The van der Waals surface area contributed by atoms with Crippen LogP contribution in [0.5, 0.6) is 23.0 Å². The van der Waals surface area contributed by atoms with Crippen LogP contribution < -0.4 is 10.1 Å². The average molecular weight is 470 g/mol. The predicted molar refractivity (Wildman–Crippen MR) is 120 cm³/mol. The van der Waals surface area contributed by atoms with Gasteiger partial charge in [-0.15, -0.1) is 0 Å². The van der Waals surface area contributed by atoms with E-state index in [4.69, 9.17) is 16.3 Å². The maximum atomic E-state index is 13.7. The third kappa shape index (κ3) is 3.09. The van der Waals surface area contributed by atoms with Gasteiger partial charge in [-0.1, -0.05) is 11.6 Å². The number of nitrogens with one attached hydrogen (secondary N) is 1. The normalized spacial score (nSPS) is 20.6. The summed E-state index contributed by atoms with van der Waals surface area (Å²) >= 11 is 5.98. The fourth-order valence-electron chi connectivity index (χ4n) is 4.24. The number of anilines is 1. The zero-order chi connectivity index (χ0) is 24.4. The highest BCUT2D eigenvalue weighted by Crippen LogP contribution is 2.57. The molecule has 2 aromatic rings. The second-order valence-electron chi connectivity index (χ2n) is 8.17. The molecule has 0 radical (unpaired) electrons. The molecule has 0 fully saturated rings. The first-order valence-electron chi connectivity index (χ1n) is 9.95. The standard InChI is InChI=1S/C24H20ClNO7/c1-9-20(30)18(11(3)27)22-19(21(9)31)24(4)16(33-22)8-15(29)17(23(24)32)10(2)26-13-7-12(25)5-6-14(13)28/h5-8,26,28,30-31H,1-4H3/t24-/m0/s1. The molecule has 0 bridgehead atoms. The summed E-state index contributed by atoms with van der Waals surface area (Å²) in [5.41, 5.74) is -1.66. The van der Waals surface area contributed by atoms with Gasteiger partial charge in [0.15, 0.2) is 17.3 Å². The van der Waals surface area contributed by atoms with Gasteiger partial charge in [0.25, 0.3) is 0 Å². The van der Waals surface area contributed by atoms with Gasteiger partial charge in [0, 0.05) is 22.4 Å². The molecule has 1 aliphatic heterocycles. The van der Waals surface area contributed by atoms with Crippen molar-refractivity contribution in [2.24, 2.45) is 0 Å². The molecule has 4 N–H and O–H groups in total. The number of carbonyl (C=O) groups excluding carboxylic acids is 3. The molecule has 33 heavy (non-hydrogen) atoms. The molecule has 1 aliphatic carbocycles. The Morgan fingerprint density at radius 3 is 2.42 bits per heavy atom. The Kier molecular flexibility index (Phi) is 5.01. The number of fused-ring (bicyclic) bond motifs is 3. The van der Waals surface area contributed by atoms with Crippen LogP contribution in [0.2, 0.25) is 5.02 Å². The van der Waals surface area contributed by atoms with Gasteiger partial charge >= 0.3 is 0 Å². The minimum atomic E-state index is -1.62. The van der Waals surface area contributed by atoms with Crippen molar-refractivity contribution in [2.75, 3.05) is 5.32 Å². The highest BCUT2D eigenvalue weighted by atomic mass is 35.5. The number of ketones is 3. The van der Waals surface area contributed by atoms with E-state index < -0.39 is 34.3 Å². The number of hydrogen-bond acceptors (Lipinski definition) is 8. The lowest BCUT2D eigenvalue weighted by molar-refractivity contribution is -0.123. The molecule has 0 saturated heterocycles. The van der Waals surface area contributed by atoms with Crippen LogP contribution in [-0.4, -0.2) is 32.7 Å². The van der Waals surface area contributed by atoms with Crippen molar-refractivity contribution < 1.29 is 34.4 Å². The van der Waals surface area contributed by atoms with Crippen LogP contribution in [0.1, 0.15) is 42.3 Å². The van der Waals surface area contributed by atoms with Crippen LogP contribution in [0, 0.1) is 6.92 Å². The maximum Gasteiger partial charge on any atom is 0.194 e. The monoisotopic (exact) mass is 469 g/mol. The Balaban J connectivity index is 1.93. The van der Waals surface area contributed by atoms with Crippen LogP contribution >= 0.6 is 11.6 Å². The minimum absolute atomic E-state index is 0.00246. The van der Waals surface area contributed by atoms with Gasteiger partial charge in [-0.05, 0) is 45.9 Å². The smallest absolute Gasteiger partial charge is 0.194 e.